The van der Waals surface area contributed by atoms with Gasteiger partial charge in [-0.2, -0.15) is 0 Å². The summed E-state index contributed by atoms with van der Waals surface area (Å²) in [6, 6.07) is 0. The molecule has 76 valence electrons. The molecule has 0 amide bonds. The average molecular weight is 196 g/mol. The zero-order valence-corrected chi connectivity index (χ0v) is 7.17. The molecular formula is C8H11F3O2. The van der Waals surface area contributed by atoms with Crippen molar-refractivity contribution in [2.24, 2.45) is 5.92 Å². The molecule has 0 N–H and O–H groups in total. The van der Waals surface area contributed by atoms with Crippen LogP contribution >= 0.6 is 0 Å². The maximum atomic E-state index is 11.9. The Bertz CT molecular complexity index is 192. The fourth-order valence-electron chi connectivity index (χ4n) is 2.10. The molecule has 1 saturated carbocycles. The van der Waals surface area contributed by atoms with E-state index in [-0.39, 0.29) is 12.2 Å². The second-order valence-corrected chi connectivity index (χ2v) is 3.82. The molecule has 1 aliphatic carbocycles. The molecule has 2 bridgehead atoms. The molecule has 0 aromatic rings. The molecule has 2 aliphatic heterocycles. The van der Waals surface area contributed by atoms with E-state index in [0.29, 0.717) is 18.8 Å². The summed E-state index contributed by atoms with van der Waals surface area (Å²) in [6.07, 6.45) is -4.60. The third-order valence-corrected chi connectivity index (χ3v) is 2.62. The molecule has 0 spiro atoms. The van der Waals surface area contributed by atoms with E-state index in [4.69, 9.17) is 4.74 Å². The van der Waals surface area contributed by atoms with Crippen molar-refractivity contribution in [3.05, 3.63) is 0 Å². The van der Waals surface area contributed by atoms with Crippen LogP contribution in [0.25, 0.3) is 0 Å². The van der Waals surface area contributed by atoms with Gasteiger partial charge in [-0.1, -0.05) is 6.92 Å². The maximum Gasteiger partial charge on any atom is 0.522 e. The normalized spacial score (nSPS) is 44.3. The summed E-state index contributed by atoms with van der Waals surface area (Å²) in [5.41, 5.74) is 0. The van der Waals surface area contributed by atoms with Gasteiger partial charge in [-0.25, -0.2) is 0 Å². The molecule has 0 radical (unpaired) electrons. The molecule has 3 rings (SSSR count). The van der Waals surface area contributed by atoms with Crippen LogP contribution in [0.5, 0.6) is 0 Å². The second kappa shape index (κ2) is 2.85. The summed E-state index contributed by atoms with van der Waals surface area (Å²) in [4.78, 5) is 0. The molecule has 2 saturated heterocycles. The SMILES string of the molecule is CC1CC2OC(C1)C2OC(F)(F)F. The first-order valence-corrected chi connectivity index (χ1v) is 4.36. The van der Waals surface area contributed by atoms with Crippen molar-refractivity contribution in [1.82, 2.24) is 0 Å². The van der Waals surface area contributed by atoms with Crippen LogP contribution in [0.15, 0.2) is 0 Å². The zero-order valence-electron chi connectivity index (χ0n) is 7.17. The molecule has 2 heterocycles. The number of alkyl halides is 3. The lowest BCUT2D eigenvalue weighted by Crippen LogP contribution is -2.61. The van der Waals surface area contributed by atoms with Gasteiger partial charge in [-0.15, -0.1) is 13.2 Å². The van der Waals surface area contributed by atoms with Gasteiger partial charge >= 0.3 is 6.36 Å². The van der Waals surface area contributed by atoms with Crippen LogP contribution < -0.4 is 0 Å². The van der Waals surface area contributed by atoms with Crippen molar-refractivity contribution in [3.8, 4) is 0 Å². The van der Waals surface area contributed by atoms with E-state index in [1.165, 1.54) is 0 Å². The van der Waals surface area contributed by atoms with E-state index in [0.717, 1.165) is 0 Å². The number of rotatable bonds is 1. The van der Waals surface area contributed by atoms with Crippen molar-refractivity contribution in [2.75, 3.05) is 0 Å². The van der Waals surface area contributed by atoms with Crippen LogP contribution in [-0.2, 0) is 9.47 Å². The second-order valence-electron chi connectivity index (χ2n) is 3.82. The number of fused-ring (bicyclic) bond motifs is 2. The summed E-state index contributed by atoms with van der Waals surface area (Å²) in [6.45, 7) is 2.02. The molecule has 5 heteroatoms. The summed E-state index contributed by atoms with van der Waals surface area (Å²) < 4.78 is 44.7. The van der Waals surface area contributed by atoms with Gasteiger partial charge in [0.25, 0.3) is 0 Å². The highest BCUT2D eigenvalue weighted by atomic mass is 19.4. The first kappa shape index (κ1) is 9.27. The Morgan fingerprint density at radius 1 is 1.23 bits per heavy atom. The van der Waals surface area contributed by atoms with Crippen LogP contribution in [0.3, 0.4) is 0 Å². The van der Waals surface area contributed by atoms with Gasteiger partial charge < -0.3 is 4.74 Å². The highest BCUT2D eigenvalue weighted by Crippen LogP contribution is 2.42. The lowest BCUT2D eigenvalue weighted by Gasteiger charge is -2.50. The summed E-state index contributed by atoms with van der Waals surface area (Å²) in [7, 11) is 0. The zero-order chi connectivity index (χ0) is 9.64. The summed E-state index contributed by atoms with van der Waals surface area (Å²) >= 11 is 0. The maximum absolute atomic E-state index is 11.9. The Morgan fingerprint density at radius 2 is 1.77 bits per heavy atom. The minimum absolute atomic E-state index is 0.338. The fraction of sp³-hybridized carbons (Fsp3) is 1.00. The van der Waals surface area contributed by atoms with Gasteiger partial charge in [0.15, 0.2) is 0 Å². The quantitative estimate of drug-likeness (QED) is 0.639. The molecule has 2 atom stereocenters. The number of ether oxygens (including phenoxy) is 2. The Morgan fingerprint density at radius 3 is 2.23 bits per heavy atom. The van der Waals surface area contributed by atoms with Crippen LogP contribution in [0.4, 0.5) is 13.2 Å². The number of halogens is 3. The van der Waals surface area contributed by atoms with Crippen LogP contribution in [0, 0.1) is 5.92 Å². The smallest absolute Gasteiger partial charge is 0.369 e. The van der Waals surface area contributed by atoms with Crippen LogP contribution in [0.1, 0.15) is 19.8 Å². The van der Waals surface area contributed by atoms with Crippen molar-refractivity contribution < 1.29 is 22.6 Å². The molecular weight excluding hydrogens is 185 g/mol. The van der Waals surface area contributed by atoms with E-state index >= 15 is 0 Å². The van der Waals surface area contributed by atoms with Gasteiger partial charge in [0.05, 0.1) is 12.2 Å². The predicted octanol–water partition coefficient (Wildman–Crippen LogP) is 2.09. The molecule has 13 heavy (non-hydrogen) atoms. The third kappa shape index (κ3) is 1.81. The first-order valence-electron chi connectivity index (χ1n) is 4.36. The standard InChI is InChI=1S/C8H11F3O2/c1-4-2-5-7(6(3-4)12-5)13-8(9,10)11/h4-7H,2-3H2,1H3. The number of hydrogen-bond donors (Lipinski definition) is 0. The Kier molecular flexibility index (Phi) is 2.03. The first-order chi connectivity index (χ1) is 5.96. The molecule has 2 unspecified atom stereocenters. The van der Waals surface area contributed by atoms with Crippen molar-refractivity contribution >= 4 is 0 Å². The molecule has 3 aliphatic rings. The van der Waals surface area contributed by atoms with Crippen LogP contribution in [0.2, 0.25) is 0 Å². The topological polar surface area (TPSA) is 18.5 Å². The van der Waals surface area contributed by atoms with Gasteiger partial charge in [0.1, 0.15) is 6.10 Å². The van der Waals surface area contributed by atoms with Gasteiger partial charge in [-0.3, -0.25) is 4.74 Å². The summed E-state index contributed by atoms with van der Waals surface area (Å²) in [5.74, 6) is 0.455. The summed E-state index contributed by atoms with van der Waals surface area (Å²) in [5, 5.41) is 0. The molecule has 0 aromatic heterocycles. The monoisotopic (exact) mass is 196 g/mol. The third-order valence-electron chi connectivity index (χ3n) is 2.62. The lowest BCUT2D eigenvalue weighted by atomic mass is 9.79. The van der Waals surface area contributed by atoms with Gasteiger partial charge in [0.2, 0.25) is 0 Å². The van der Waals surface area contributed by atoms with E-state index in [1.54, 1.807) is 0 Å². The van der Waals surface area contributed by atoms with Crippen molar-refractivity contribution in [2.45, 2.75) is 44.4 Å². The van der Waals surface area contributed by atoms with Crippen molar-refractivity contribution in [1.29, 1.82) is 0 Å². The van der Waals surface area contributed by atoms with Crippen LogP contribution in [-0.4, -0.2) is 24.7 Å². The lowest BCUT2D eigenvalue weighted by molar-refractivity contribution is -0.402. The fourth-order valence-corrected chi connectivity index (χ4v) is 2.10. The highest BCUT2D eigenvalue weighted by molar-refractivity contribution is 4.96. The Balaban J connectivity index is 1.91. The van der Waals surface area contributed by atoms with Gasteiger partial charge in [0, 0.05) is 0 Å². The Hall–Kier alpha value is -0.290. The van der Waals surface area contributed by atoms with E-state index in [1.807, 2.05) is 6.92 Å². The minimum atomic E-state index is -4.52. The molecule has 3 fully saturated rings. The Labute approximate surface area is 74.0 Å². The van der Waals surface area contributed by atoms with Gasteiger partial charge in [-0.05, 0) is 18.8 Å². The largest absolute Gasteiger partial charge is 0.522 e. The van der Waals surface area contributed by atoms with E-state index < -0.39 is 12.5 Å². The average Bonchev–Trinajstić information content (AvgIpc) is 1.98. The van der Waals surface area contributed by atoms with Crippen molar-refractivity contribution in [3.63, 3.8) is 0 Å². The minimum Gasteiger partial charge on any atom is -0.369 e. The predicted molar refractivity (Wildman–Crippen MR) is 38.0 cm³/mol. The number of hydrogen-bond acceptors (Lipinski definition) is 2. The molecule has 2 nitrogen and oxygen atoms in total. The highest BCUT2D eigenvalue weighted by Gasteiger charge is 2.52. The van der Waals surface area contributed by atoms with E-state index in [2.05, 4.69) is 4.74 Å². The van der Waals surface area contributed by atoms with E-state index in [9.17, 15) is 13.2 Å². The molecule has 0 aromatic carbocycles.